The molecule has 1 aliphatic rings. The number of hydrogen-bond acceptors (Lipinski definition) is 4. The number of nitro groups is 1. The number of nitrogens with zero attached hydrogens (tertiary/aromatic N) is 4. The molecule has 0 bridgehead atoms. The van der Waals surface area contributed by atoms with E-state index in [-0.39, 0.29) is 10.6 Å². The summed E-state index contributed by atoms with van der Waals surface area (Å²) in [6.07, 6.45) is 6.08. The Labute approximate surface area is 113 Å². The molecule has 0 N–H and O–H groups in total. The molecule has 0 saturated carbocycles. The van der Waals surface area contributed by atoms with Crippen LogP contribution in [0.25, 0.3) is 0 Å². The van der Waals surface area contributed by atoms with Crippen molar-refractivity contribution < 1.29 is 4.92 Å². The minimum Gasteiger partial charge on any atom is -0.349 e. The van der Waals surface area contributed by atoms with E-state index >= 15 is 0 Å². The first-order valence-electron chi connectivity index (χ1n) is 7.12. The van der Waals surface area contributed by atoms with Gasteiger partial charge in [-0.15, -0.1) is 0 Å². The second-order valence-electron chi connectivity index (χ2n) is 5.22. The number of anilines is 1. The lowest BCUT2D eigenvalue weighted by atomic mass is 9.98. The monoisotopic (exact) mass is 266 g/mol. The first-order valence-corrected chi connectivity index (χ1v) is 7.12. The third kappa shape index (κ3) is 2.88. The van der Waals surface area contributed by atoms with Crippen molar-refractivity contribution in [3.63, 3.8) is 0 Å². The second-order valence-corrected chi connectivity index (χ2v) is 5.22. The van der Waals surface area contributed by atoms with Crippen LogP contribution >= 0.6 is 0 Å². The molecule has 0 aliphatic carbocycles. The Morgan fingerprint density at radius 1 is 1.37 bits per heavy atom. The summed E-state index contributed by atoms with van der Waals surface area (Å²) in [6, 6.07) is 0. The van der Waals surface area contributed by atoms with Crippen molar-refractivity contribution in [2.45, 2.75) is 46.1 Å². The van der Waals surface area contributed by atoms with Gasteiger partial charge in [0.05, 0.1) is 11.5 Å². The third-order valence-electron chi connectivity index (χ3n) is 3.74. The molecule has 0 amide bonds. The topological polar surface area (TPSA) is 64.2 Å². The van der Waals surface area contributed by atoms with Gasteiger partial charge >= 0.3 is 5.69 Å². The van der Waals surface area contributed by atoms with Crippen LogP contribution in [0.3, 0.4) is 0 Å². The number of hydrogen-bond donors (Lipinski definition) is 0. The quantitative estimate of drug-likeness (QED) is 0.562. The van der Waals surface area contributed by atoms with Gasteiger partial charge in [0.2, 0.25) is 5.82 Å². The summed E-state index contributed by atoms with van der Waals surface area (Å²) in [5.41, 5.74) is 0.143. The number of aromatic nitrogens is 2. The zero-order chi connectivity index (χ0) is 13.8. The van der Waals surface area contributed by atoms with E-state index in [1.165, 1.54) is 31.9 Å². The van der Waals surface area contributed by atoms with E-state index in [4.69, 9.17) is 0 Å². The molecule has 1 aromatic rings. The molecule has 0 fully saturated rings. The minimum atomic E-state index is -0.328. The Morgan fingerprint density at radius 2 is 2.05 bits per heavy atom. The van der Waals surface area contributed by atoms with E-state index in [2.05, 4.69) is 23.8 Å². The Morgan fingerprint density at radius 3 is 2.63 bits per heavy atom. The summed E-state index contributed by atoms with van der Waals surface area (Å²) in [7, 11) is 0. The fourth-order valence-corrected chi connectivity index (χ4v) is 2.94. The smallest absolute Gasteiger partial charge is 0.331 e. The van der Waals surface area contributed by atoms with Crippen LogP contribution in [0.2, 0.25) is 0 Å². The summed E-state index contributed by atoms with van der Waals surface area (Å²) in [5, 5.41) is 15.1. The van der Waals surface area contributed by atoms with Gasteiger partial charge in [-0.1, -0.05) is 26.7 Å². The molecule has 2 rings (SSSR count). The van der Waals surface area contributed by atoms with Gasteiger partial charge in [-0.3, -0.25) is 10.1 Å². The molecule has 0 spiro atoms. The van der Waals surface area contributed by atoms with Gasteiger partial charge in [0.15, 0.2) is 0 Å². The maximum Gasteiger partial charge on any atom is 0.331 e. The van der Waals surface area contributed by atoms with Gasteiger partial charge in [-0.25, -0.2) is 4.68 Å². The first-order chi connectivity index (χ1) is 9.17. The molecule has 0 aromatic carbocycles. The molecule has 106 valence electrons. The van der Waals surface area contributed by atoms with Gasteiger partial charge in [0.25, 0.3) is 0 Å². The molecule has 0 unspecified atom stereocenters. The second kappa shape index (κ2) is 6.04. The number of fused-ring (bicyclic) bond motifs is 1. The molecule has 1 aromatic heterocycles. The van der Waals surface area contributed by atoms with Crippen LogP contribution in [0.5, 0.6) is 0 Å². The SMILES string of the molecule is CCCC(CCC)CN1CCn2ncc([N+](=O)[O-])c21. The van der Waals surface area contributed by atoms with Gasteiger partial charge in [0, 0.05) is 13.1 Å². The molecular weight excluding hydrogens is 244 g/mol. The minimum absolute atomic E-state index is 0.143. The lowest BCUT2D eigenvalue weighted by Gasteiger charge is -2.23. The molecule has 6 heteroatoms. The zero-order valence-corrected chi connectivity index (χ0v) is 11.7. The maximum absolute atomic E-state index is 11.0. The Bertz CT molecular complexity index is 438. The zero-order valence-electron chi connectivity index (χ0n) is 11.7. The van der Waals surface area contributed by atoms with Crippen LogP contribution in [0.15, 0.2) is 6.20 Å². The molecule has 1 aliphatic heterocycles. The molecule has 6 nitrogen and oxygen atoms in total. The highest BCUT2D eigenvalue weighted by atomic mass is 16.6. The molecule has 0 radical (unpaired) electrons. The molecular formula is C13H22N4O2. The van der Waals surface area contributed by atoms with Crippen LogP contribution in [0.4, 0.5) is 11.5 Å². The highest BCUT2D eigenvalue weighted by Crippen LogP contribution is 2.33. The first kappa shape index (κ1) is 13.8. The Hall–Kier alpha value is -1.59. The number of rotatable bonds is 7. The fraction of sp³-hybridized carbons (Fsp3) is 0.769. The van der Waals surface area contributed by atoms with Gasteiger partial charge in [-0.2, -0.15) is 5.10 Å². The van der Waals surface area contributed by atoms with Gasteiger partial charge in [0.1, 0.15) is 6.20 Å². The van der Waals surface area contributed by atoms with Crippen molar-refractivity contribution in [2.24, 2.45) is 5.92 Å². The van der Waals surface area contributed by atoms with Crippen LogP contribution in [-0.4, -0.2) is 27.8 Å². The van der Waals surface area contributed by atoms with Crippen molar-refractivity contribution in [3.8, 4) is 0 Å². The van der Waals surface area contributed by atoms with Crippen molar-refractivity contribution in [1.82, 2.24) is 9.78 Å². The third-order valence-corrected chi connectivity index (χ3v) is 3.74. The predicted molar refractivity (Wildman–Crippen MR) is 74.4 cm³/mol. The lowest BCUT2D eigenvalue weighted by molar-refractivity contribution is -0.384. The van der Waals surface area contributed by atoms with E-state index in [0.29, 0.717) is 11.7 Å². The normalized spacial score (nSPS) is 14.2. The van der Waals surface area contributed by atoms with Gasteiger partial charge < -0.3 is 4.90 Å². The highest BCUT2D eigenvalue weighted by Gasteiger charge is 2.31. The summed E-state index contributed by atoms with van der Waals surface area (Å²) >= 11 is 0. The maximum atomic E-state index is 11.0. The molecule has 0 saturated heterocycles. The average Bonchev–Trinajstić information content (AvgIpc) is 2.92. The van der Waals surface area contributed by atoms with Crippen LogP contribution in [-0.2, 0) is 6.54 Å². The standard InChI is InChI=1S/C13H22N4O2/c1-3-5-11(6-4-2)10-15-7-8-16-13(15)12(9-14-16)17(18)19/h9,11H,3-8,10H2,1-2H3. The summed E-state index contributed by atoms with van der Waals surface area (Å²) in [5.74, 6) is 1.32. The van der Waals surface area contributed by atoms with E-state index in [1.807, 2.05) is 0 Å². The van der Waals surface area contributed by atoms with E-state index in [9.17, 15) is 10.1 Å². The van der Waals surface area contributed by atoms with E-state index in [0.717, 1.165) is 19.6 Å². The summed E-state index contributed by atoms with van der Waals surface area (Å²) in [6.45, 7) is 6.90. The van der Waals surface area contributed by atoms with Crippen molar-refractivity contribution in [2.75, 3.05) is 18.0 Å². The van der Waals surface area contributed by atoms with Crippen LogP contribution in [0, 0.1) is 16.0 Å². The van der Waals surface area contributed by atoms with Crippen molar-refractivity contribution in [1.29, 1.82) is 0 Å². The van der Waals surface area contributed by atoms with Crippen molar-refractivity contribution in [3.05, 3.63) is 16.3 Å². The summed E-state index contributed by atoms with van der Waals surface area (Å²) < 4.78 is 1.76. The lowest BCUT2D eigenvalue weighted by Crippen LogP contribution is -2.28. The highest BCUT2D eigenvalue weighted by molar-refractivity contribution is 5.59. The largest absolute Gasteiger partial charge is 0.349 e. The van der Waals surface area contributed by atoms with Crippen LogP contribution in [0.1, 0.15) is 39.5 Å². The van der Waals surface area contributed by atoms with Gasteiger partial charge in [-0.05, 0) is 18.8 Å². The van der Waals surface area contributed by atoms with E-state index < -0.39 is 0 Å². The predicted octanol–water partition coefficient (Wildman–Crippen LogP) is 2.83. The van der Waals surface area contributed by atoms with Crippen molar-refractivity contribution >= 4 is 11.5 Å². The molecule has 0 atom stereocenters. The Balaban J connectivity index is 2.12. The average molecular weight is 266 g/mol. The Kier molecular flexibility index (Phi) is 4.39. The summed E-state index contributed by atoms with van der Waals surface area (Å²) in [4.78, 5) is 12.8. The van der Waals surface area contributed by atoms with E-state index in [1.54, 1.807) is 4.68 Å². The van der Waals surface area contributed by atoms with Crippen LogP contribution < -0.4 is 4.90 Å². The molecule has 19 heavy (non-hydrogen) atoms. The molecule has 2 heterocycles. The fourth-order valence-electron chi connectivity index (χ4n) is 2.94.